The number of hydrogen-bond donors (Lipinski definition) is 1. The molecule has 1 N–H and O–H groups in total. The molecule has 7 heteroatoms. The first-order valence-electron chi connectivity index (χ1n) is 6.97. The summed E-state index contributed by atoms with van der Waals surface area (Å²) in [5.74, 6) is -1.15. The first-order valence-corrected chi connectivity index (χ1v) is 7.85. The van der Waals surface area contributed by atoms with E-state index in [1.54, 1.807) is 0 Å². The Kier molecular flexibility index (Phi) is 5.26. The third-order valence-electron chi connectivity index (χ3n) is 3.50. The fraction of sp³-hybridized carbons (Fsp3) is 0.769. The first-order chi connectivity index (χ1) is 9.50. The molecule has 1 aromatic heterocycles. The lowest BCUT2D eigenvalue weighted by Gasteiger charge is -2.32. The van der Waals surface area contributed by atoms with Crippen molar-refractivity contribution in [2.24, 2.45) is 5.92 Å². The number of thiazole rings is 1. The van der Waals surface area contributed by atoms with Crippen LogP contribution in [0.2, 0.25) is 0 Å². The number of anilines is 1. The lowest BCUT2D eigenvalue weighted by atomic mass is 9.97. The van der Waals surface area contributed by atoms with Crippen molar-refractivity contribution >= 4 is 16.5 Å². The zero-order valence-electron chi connectivity index (χ0n) is 11.5. The normalized spacial score (nSPS) is 17.7. The van der Waals surface area contributed by atoms with Gasteiger partial charge in [0.25, 0.3) is 0 Å². The topological polar surface area (TPSA) is 28.2 Å². The Balaban J connectivity index is 1.84. The van der Waals surface area contributed by atoms with E-state index in [-0.39, 0.29) is 12.8 Å². The van der Waals surface area contributed by atoms with Gasteiger partial charge in [0.15, 0.2) is 5.13 Å². The highest BCUT2D eigenvalue weighted by molar-refractivity contribution is 7.13. The molecule has 1 fully saturated rings. The first kappa shape index (κ1) is 15.6. The molecule has 1 aliphatic heterocycles. The molecule has 0 amide bonds. The van der Waals surface area contributed by atoms with Crippen LogP contribution >= 0.6 is 11.3 Å². The van der Waals surface area contributed by atoms with Crippen molar-refractivity contribution in [2.45, 2.75) is 38.9 Å². The molecule has 1 aromatic rings. The maximum atomic E-state index is 12.6. The van der Waals surface area contributed by atoms with Gasteiger partial charge in [-0.05, 0) is 25.8 Å². The minimum absolute atomic E-state index is 0.173. The van der Waals surface area contributed by atoms with Crippen LogP contribution in [0.1, 0.15) is 31.9 Å². The number of nitrogens with zero attached hydrogens (tertiary/aromatic N) is 2. The molecule has 0 spiro atoms. The zero-order chi connectivity index (χ0) is 14.6. The van der Waals surface area contributed by atoms with E-state index in [9.17, 15) is 13.2 Å². The lowest BCUT2D eigenvalue weighted by molar-refractivity contribution is -0.179. The molecule has 3 nitrogen and oxygen atoms in total. The summed E-state index contributed by atoms with van der Waals surface area (Å²) < 4.78 is 37.8. The summed E-state index contributed by atoms with van der Waals surface area (Å²) in [6, 6.07) is 0. The lowest BCUT2D eigenvalue weighted by Crippen LogP contribution is -2.39. The van der Waals surface area contributed by atoms with Gasteiger partial charge in [-0.1, -0.05) is 6.92 Å². The Labute approximate surface area is 121 Å². The third-order valence-corrected chi connectivity index (χ3v) is 4.45. The Morgan fingerprint density at radius 2 is 2.10 bits per heavy atom. The van der Waals surface area contributed by atoms with Crippen molar-refractivity contribution in [1.82, 2.24) is 10.3 Å². The fourth-order valence-electron chi connectivity index (χ4n) is 2.31. The Hall–Kier alpha value is -0.820. The van der Waals surface area contributed by atoms with Crippen LogP contribution in [0.25, 0.3) is 0 Å². The van der Waals surface area contributed by atoms with Gasteiger partial charge in [-0.2, -0.15) is 13.2 Å². The van der Waals surface area contributed by atoms with Crippen LogP contribution in [-0.2, 0) is 6.54 Å². The van der Waals surface area contributed by atoms with E-state index in [1.807, 2.05) is 10.3 Å². The van der Waals surface area contributed by atoms with Gasteiger partial charge in [0.05, 0.1) is 11.6 Å². The quantitative estimate of drug-likeness (QED) is 0.845. The van der Waals surface area contributed by atoms with Crippen LogP contribution in [0.5, 0.6) is 0 Å². The van der Waals surface area contributed by atoms with E-state index in [2.05, 4.69) is 17.2 Å². The standard InChI is InChI=1S/C13H20F3N3S/c1-2-5-17-8-11-9-20-12(18-11)19-6-3-10(4-7-19)13(14,15)16/h9-10,17H,2-8H2,1H3. The van der Waals surface area contributed by atoms with E-state index in [4.69, 9.17) is 0 Å². The van der Waals surface area contributed by atoms with Crippen molar-refractivity contribution in [1.29, 1.82) is 0 Å². The number of nitrogens with one attached hydrogen (secondary N) is 1. The van der Waals surface area contributed by atoms with Crippen molar-refractivity contribution in [2.75, 3.05) is 24.5 Å². The van der Waals surface area contributed by atoms with Crippen LogP contribution in [0.4, 0.5) is 18.3 Å². The molecule has 1 saturated heterocycles. The molecule has 1 aliphatic rings. The average Bonchev–Trinajstić information content (AvgIpc) is 2.87. The average molecular weight is 307 g/mol. The van der Waals surface area contributed by atoms with Crippen LogP contribution in [0.3, 0.4) is 0 Å². The molecule has 114 valence electrons. The summed E-state index contributed by atoms with van der Waals surface area (Å²) in [6.45, 7) is 4.66. The number of alkyl halides is 3. The molecular formula is C13H20F3N3S. The SMILES string of the molecule is CCCNCc1csc(N2CCC(C(F)(F)F)CC2)n1. The zero-order valence-corrected chi connectivity index (χ0v) is 12.4. The highest BCUT2D eigenvalue weighted by Gasteiger charge is 2.41. The highest BCUT2D eigenvalue weighted by Crippen LogP contribution is 2.35. The fourth-order valence-corrected chi connectivity index (χ4v) is 3.19. The van der Waals surface area contributed by atoms with Crippen LogP contribution in [0, 0.1) is 5.92 Å². The number of hydrogen-bond acceptors (Lipinski definition) is 4. The maximum Gasteiger partial charge on any atom is 0.391 e. The summed E-state index contributed by atoms with van der Waals surface area (Å²) in [5.41, 5.74) is 0.969. The van der Waals surface area contributed by atoms with Gasteiger partial charge in [0.1, 0.15) is 0 Å². The van der Waals surface area contributed by atoms with Gasteiger partial charge >= 0.3 is 6.18 Å². The Morgan fingerprint density at radius 1 is 1.40 bits per heavy atom. The van der Waals surface area contributed by atoms with E-state index in [0.29, 0.717) is 13.1 Å². The van der Waals surface area contributed by atoms with Gasteiger partial charge in [-0.25, -0.2) is 4.98 Å². The molecule has 2 heterocycles. The van der Waals surface area contributed by atoms with Crippen molar-refractivity contribution < 1.29 is 13.2 Å². The van der Waals surface area contributed by atoms with Crippen molar-refractivity contribution in [3.63, 3.8) is 0 Å². The monoisotopic (exact) mass is 307 g/mol. The number of aromatic nitrogens is 1. The second kappa shape index (κ2) is 6.76. The second-order valence-corrected chi connectivity index (χ2v) is 5.94. The molecule has 20 heavy (non-hydrogen) atoms. The van der Waals surface area contributed by atoms with E-state index < -0.39 is 12.1 Å². The van der Waals surface area contributed by atoms with Gasteiger partial charge in [0, 0.05) is 25.0 Å². The summed E-state index contributed by atoms with van der Waals surface area (Å²) in [4.78, 5) is 6.46. The molecule has 0 aliphatic carbocycles. The van der Waals surface area contributed by atoms with Crippen LogP contribution in [0.15, 0.2) is 5.38 Å². The number of rotatable bonds is 5. The molecule has 0 unspecified atom stereocenters. The summed E-state index contributed by atoms with van der Waals surface area (Å²) in [6.07, 6.45) is -2.63. The van der Waals surface area contributed by atoms with Crippen LogP contribution in [-0.4, -0.2) is 30.8 Å². The third kappa shape index (κ3) is 4.09. The highest BCUT2D eigenvalue weighted by atomic mass is 32.1. The van der Waals surface area contributed by atoms with E-state index in [0.717, 1.165) is 30.3 Å². The number of piperidine rings is 1. The minimum atomic E-state index is -4.05. The van der Waals surface area contributed by atoms with Crippen molar-refractivity contribution in [3.05, 3.63) is 11.1 Å². The predicted octanol–water partition coefficient (Wildman–Crippen LogP) is 3.42. The van der Waals surface area contributed by atoms with Gasteiger partial charge in [-0.15, -0.1) is 11.3 Å². The van der Waals surface area contributed by atoms with Gasteiger partial charge in [-0.3, -0.25) is 0 Å². The molecule has 0 radical (unpaired) electrons. The Morgan fingerprint density at radius 3 is 2.70 bits per heavy atom. The summed E-state index contributed by atoms with van der Waals surface area (Å²) in [5, 5.41) is 6.10. The largest absolute Gasteiger partial charge is 0.391 e. The molecule has 2 rings (SSSR count). The molecular weight excluding hydrogens is 287 g/mol. The summed E-state index contributed by atoms with van der Waals surface area (Å²) >= 11 is 1.52. The van der Waals surface area contributed by atoms with Crippen LogP contribution < -0.4 is 10.2 Å². The van der Waals surface area contributed by atoms with E-state index >= 15 is 0 Å². The smallest absolute Gasteiger partial charge is 0.348 e. The summed E-state index contributed by atoms with van der Waals surface area (Å²) in [7, 11) is 0. The van der Waals surface area contributed by atoms with E-state index in [1.165, 1.54) is 11.3 Å². The minimum Gasteiger partial charge on any atom is -0.348 e. The van der Waals surface area contributed by atoms with Gasteiger partial charge in [0.2, 0.25) is 0 Å². The molecule has 0 saturated carbocycles. The second-order valence-electron chi connectivity index (χ2n) is 5.10. The Bertz CT molecular complexity index is 411. The molecule has 0 bridgehead atoms. The predicted molar refractivity (Wildman–Crippen MR) is 75.1 cm³/mol. The molecule has 0 atom stereocenters. The molecule has 0 aromatic carbocycles. The van der Waals surface area contributed by atoms with Crippen molar-refractivity contribution in [3.8, 4) is 0 Å². The van der Waals surface area contributed by atoms with Gasteiger partial charge < -0.3 is 10.2 Å². The number of halogens is 3. The maximum absolute atomic E-state index is 12.6.